The van der Waals surface area contributed by atoms with Gasteiger partial charge in [0, 0.05) is 5.33 Å². The summed E-state index contributed by atoms with van der Waals surface area (Å²) in [6.45, 7) is 3.44. The first-order valence-electron chi connectivity index (χ1n) is 7.70. The van der Waals surface area contributed by atoms with Crippen molar-refractivity contribution in [1.29, 1.82) is 0 Å². The van der Waals surface area contributed by atoms with Gasteiger partial charge in [-0.3, -0.25) is 0 Å². The van der Waals surface area contributed by atoms with Gasteiger partial charge >= 0.3 is 0 Å². The quantitative estimate of drug-likeness (QED) is 0.635. The molecular weight excluding hydrogens is 316 g/mol. The zero-order valence-corrected chi connectivity index (χ0v) is 14.0. The normalized spacial score (nSPS) is 17.7. The average Bonchev–Trinajstić information content (AvgIpc) is 2.50. The second-order valence-electron chi connectivity index (χ2n) is 5.67. The largest absolute Gasteiger partial charge is 0.490 e. The number of alkyl halides is 1. The van der Waals surface area contributed by atoms with E-state index in [2.05, 4.69) is 15.9 Å². The van der Waals surface area contributed by atoms with Crippen molar-refractivity contribution >= 4 is 15.9 Å². The third kappa shape index (κ3) is 4.15. The Morgan fingerprint density at radius 2 is 1.70 bits per heavy atom. The van der Waals surface area contributed by atoms with E-state index in [1.165, 1.54) is 32.1 Å². The summed E-state index contributed by atoms with van der Waals surface area (Å²) < 4.78 is 11.6. The van der Waals surface area contributed by atoms with E-state index in [4.69, 9.17) is 9.47 Å². The number of para-hydroxylation sites is 2. The molecule has 1 fully saturated rings. The predicted molar refractivity (Wildman–Crippen MR) is 87.0 cm³/mol. The summed E-state index contributed by atoms with van der Waals surface area (Å²) in [4.78, 5) is 0. The average molecular weight is 341 g/mol. The highest BCUT2D eigenvalue weighted by atomic mass is 79.9. The maximum absolute atomic E-state index is 5.97. The molecule has 3 heteroatoms. The Bertz CT molecular complexity index is 400. The van der Waals surface area contributed by atoms with Gasteiger partial charge in [0.15, 0.2) is 11.5 Å². The molecule has 112 valence electrons. The topological polar surface area (TPSA) is 18.5 Å². The molecule has 0 saturated heterocycles. The fourth-order valence-electron chi connectivity index (χ4n) is 2.97. The summed E-state index contributed by atoms with van der Waals surface area (Å²) in [7, 11) is 0. The third-order valence-corrected chi connectivity index (χ3v) is 5.43. The molecule has 1 aliphatic rings. The molecule has 1 aromatic rings. The van der Waals surface area contributed by atoms with Crippen LogP contribution in [0.4, 0.5) is 0 Å². The Labute approximate surface area is 131 Å². The molecular formula is C17H25BrO2. The van der Waals surface area contributed by atoms with Crippen LogP contribution in [-0.2, 0) is 0 Å². The minimum atomic E-state index is 0.443. The van der Waals surface area contributed by atoms with Crippen molar-refractivity contribution in [3.63, 3.8) is 0 Å². The Hall–Kier alpha value is -0.700. The zero-order chi connectivity index (χ0) is 14.3. The van der Waals surface area contributed by atoms with Gasteiger partial charge < -0.3 is 9.47 Å². The highest BCUT2D eigenvalue weighted by molar-refractivity contribution is 9.09. The van der Waals surface area contributed by atoms with Crippen LogP contribution in [0.25, 0.3) is 0 Å². The minimum Gasteiger partial charge on any atom is -0.490 e. The molecule has 20 heavy (non-hydrogen) atoms. The van der Waals surface area contributed by atoms with Gasteiger partial charge in [0.25, 0.3) is 0 Å². The lowest BCUT2D eigenvalue weighted by molar-refractivity contribution is 0.160. The summed E-state index contributed by atoms with van der Waals surface area (Å²) in [5.41, 5.74) is 0.443. The van der Waals surface area contributed by atoms with Crippen molar-refractivity contribution in [2.24, 2.45) is 5.41 Å². The number of rotatable bonds is 7. The van der Waals surface area contributed by atoms with Gasteiger partial charge in [0.2, 0.25) is 0 Å². The Morgan fingerprint density at radius 3 is 2.30 bits per heavy atom. The second-order valence-corrected chi connectivity index (χ2v) is 6.23. The van der Waals surface area contributed by atoms with Gasteiger partial charge in [0.1, 0.15) is 0 Å². The smallest absolute Gasteiger partial charge is 0.161 e. The Balaban J connectivity index is 1.88. The predicted octanol–water partition coefficient (Wildman–Crippen LogP) is 5.20. The van der Waals surface area contributed by atoms with Crippen LogP contribution in [-0.4, -0.2) is 18.5 Å². The monoisotopic (exact) mass is 340 g/mol. The fourth-order valence-corrected chi connectivity index (χ4v) is 3.81. The molecule has 0 aromatic heterocycles. The van der Waals surface area contributed by atoms with Gasteiger partial charge in [-0.25, -0.2) is 0 Å². The maximum atomic E-state index is 5.97. The molecule has 0 N–H and O–H groups in total. The van der Waals surface area contributed by atoms with E-state index < -0.39 is 0 Å². The van der Waals surface area contributed by atoms with Gasteiger partial charge in [0.05, 0.1) is 13.2 Å². The lowest BCUT2D eigenvalue weighted by atomic mass is 9.74. The molecule has 2 rings (SSSR count). The van der Waals surface area contributed by atoms with Crippen LogP contribution in [0.1, 0.15) is 45.4 Å². The number of benzene rings is 1. The Morgan fingerprint density at radius 1 is 1.05 bits per heavy atom. The lowest BCUT2D eigenvalue weighted by Crippen LogP contribution is -2.28. The van der Waals surface area contributed by atoms with Crippen molar-refractivity contribution in [3.05, 3.63) is 24.3 Å². The molecule has 0 bridgehead atoms. The molecule has 1 saturated carbocycles. The first-order chi connectivity index (χ1) is 9.79. The number of ether oxygens (including phenoxy) is 2. The van der Waals surface area contributed by atoms with Crippen LogP contribution in [0.3, 0.4) is 0 Å². The van der Waals surface area contributed by atoms with E-state index in [0.717, 1.165) is 29.9 Å². The van der Waals surface area contributed by atoms with Crippen LogP contribution in [0.15, 0.2) is 24.3 Å². The molecule has 0 heterocycles. The minimum absolute atomic E-state index is 0.443. The summed E-state index contributed by atoms with van der Waals surface area (Å²) in [5, 5.41) is 1.09. The van der Waals surface area contributed by atoms with Crippen molar-refractivity contribution in [1.82, 2.24) is 0 Å². The van der Waals surface area contributed by atoms with E-state index in [9.17, 15) is 0 Å². The van der Waals surface area contributed by atoms with E-state index in [0.29, 0.717) is 12.0 Å². The van der Waals surface area contributed by atoms with Gasteiger partial charge in [-0.15, -0.1) is 0 Å². The van der Waals surface area contributed by atoms with Crippen LogP contribution in [0, 0.1) is 5.41 Å². The summed E-state index contributed by atoms with van der Waals surface area (Å²) in [6.07, 6.45) is 7.90. The van der Waals surface area contributed by atoms with Crippen LogP contribution in [0.2, 0.25) is 0 Å². The summed E-state index contributed by atoms with van der Waals surface area (Å²) >= 11 is 3.71. The second kappa shape index (κ2) is 7.92. The van der Waals surface area contributed by atoms with Crippen LogP contribution < -0.4 is 9.47 Å². The zero-order valence-electron chi connectivity index (χ0n) is 12.4. The molecule has 0 spiro atoms. The summed E-state index contributed by atoms with van der Waals surface area (Å²) in [5.74, 6) is 1.72. The molecule has 0 unspecified atom stereocenters. The Kier molecular flexibility index (Phi) is 6.21. The first-order valence-corrected chi connectivity index (χ1v) is 8.82. The number of hydrogen-bond acceptors (Lipinski definition) is 2. The molecule has 1 aromatic carbocycles. The van der Waals surface area contributed by atoms with Crippen molar-refractivity contribution < 1.29 is 9.47 Å². The van der Waals surface area contributed by atoms with Crippen LogP contribution in [0.5, 0.6) is 11.5 Å². The van der Waals surface area contributed by atoms with Crippen LogP contribution >= 0.6 is 15.9 Å². The maximum Gasteiger partial charge on any atom is 0.161 e. The molecule has 0 radical (unpaired) electrons. The molecule has 1 aliphatic carbocycles. The number of halogens is 1. The molecule has 0 amide bonds. The standard InChI is InChI=1S/C17H25BrO2/c1-2-19-15-8-4-5-9-16(15)20-13-12-17(14-18)10-6-3-7-11-17/h4-5,8-9H,2-3,6-7,10-14H2,1H3. The van der Waals surface area contributed by atoms with Gasteiger partial charge in [-0.2, -0.15) is 0 Å². The van der Waals surface area contributed by atoms with E-state index in [1.54, 1.807) is 0 Å². The van der Waals surface area contributed by atoms with E-state index in [1.807, 2.05) is 31.2 Å². The third-order valence-electron chi connectivity index (χ3n) is 4.24. The summed E-state index contributed by atoms with van der Waals surface area (Å²) in [6, 6.07) is 7.95. The van der Waals surface area contributed by atoms with E-state index in [-0.39, 0.29) is 0 Å². The molecule has 0 atom stereocenters. The van der Waals surface area contributed by atoms with Crippen molar-refractivity contribution in [3.8, 4) is 11.5 Å². The highest BCUT2D eigenvalue weighted by Crippen LogP contribution is 2.41. The number of hydrogen-bond donors (Lipinski definition) is 0. The highest BCUT2D eigenvalue weighted by Gasteiger charge is 2.30. The van der Waals surface area contributed by atoms with Crippen molar-refractivity contribution in [2.45, 2.75) is 45.4 Å². The molecule has 0 aliphatic heterocycles. The first kappa shape index (κ1) is 15.7. The van der Waals surface area contributed by atoms with Crippen molar-refractivity contribution in [2.75, 3.05) is 18.5 Å². The van der Waals surface area contributed by atoms with E-state index >= 15 is 0 Å². The lowest BCUT2D eigenvalue weighted by Gasteiger charge is -2.35. The molecule has 2 nitrogen and oxygen atoms in total. The fraction of sp³-hybridized carbons (Fsp3) is 0.647. The van der Waals surface area contributed by atoms with Gasteiger partial charge in [-0.1, -0.05) is 47.3 Å². The van der Waals surface area contributed by atoms with Gasteiger partial charge in [-0.05, 0) is 43.7 Å². The SMILES string of the molecule is CCOc1ccccc1OCCC1(CBr)CCCCC1.